The smallest absolute Gasteiger partial charge is 0.278 e. The largest absolute Gasteiger partial charge is 0.376 e. The number of benzene rings is 1. The van der Waals surface area contributed by atoms with Gasteiger partial charge in [0.05, 0.1) is 35.4 Å². The van der Waals surface area contributed by atoms with Crippen LogP contribution in [0.5, 0.6) is 0 Å². The van der Waals surface area contributed by atoms with E-state index in [-0.39, 0.29) is 28.8 Å². The van der Waals surface area contributed by atoms with Gasteiger partial charge in [0, 0.05) is 6.61 Å². The maximum atomic E-state index is 12.4. The molecular weight excluding hydrogens is 414 g/mol. The molecule has 1 aliphatic rings. The lowest BCUT2D eigenvalue weighted by atomic mass is 10.2. The molecule has 1 saturated heterocycles. The molecule has 2 aromatic heterocycles. The number of imidazole rings is 1. The quantitative estimate of drug-likeness (QED) is 0.579. The molecule has 10 heteroatoms. The van der Waals surface area contributed by atoms with Crippen LogP contribution in [0, 0.1) is 6.92 Å². The maximum absolute atomic E-state index is 12.4. The number of nitrogens with one attached hydrogen (secondary N) is 2. The summed E-state index contributed by atoms with van der Waals surface area (Å²) in [5, 5.41) is 3.86. The molecule has 0 radical (unpaired) electrons. The normalized spacial score (nSPS) is 16.4. The number of fused-ring (bicyclic) bond motifs is 1. The first-order chi connectivity index (χ1) is 14.0. The molecule has 0 saturated carbocycles. The number of aryl methyl sites for hydroxylation is 1. The summed E-state index contributed by atoms with van der Waals surface area (Å²) in [6.45, 7) is 3.20. The Balaban J connectivity index is 1.52. The number of carbonyl (C=O) groups excluding carboxylic acids is 1. The fourth-order valence-corrected chi connectivity index (χ4v) is 4.32. The van der Waals surface area contributed by atoms with Gasteiger partial charge in [-0.2, -0.15) is 0 Å². The van der Waals surface area contributed by atoms with E-state index in [1.807, 2.05) is 17.6 Å². The van der Waals surface area contributed by atoms with E-state index in [0.29, 0.717) is 28.1 Å². The number of anilines is 1. The summed E-state index contributed by atoms with van der Waals surface area (Å²) >= 11 is 7.43. The number of hydrogen-bond acceptors (Lipinski definition) is 6. The van der Waals surface area contributed by atoms with Crippen LogP contribution in [0.25, 0.3) is 11.2 Å². The zero-order valence-electron chi connectivity index (χ0n) is 15.8. The molecule has 1 aromatic carbocycles. The molecule has 4 rings (SSSR count). The second-order valence-electron chi connectivity index (χ2n) is 6.86. The lowest BCUT2D eigenvalue weighted by Crippen LogP contribution is -2.18. The summed E-state index contributed by atoms with van der Waals surface area (Å²) in [5.41, 5.74) is 2.03. The van der Waals surface area contributed by atoms with Gasteiger partial charge in [-0.3, -0.25) is 9.59 Å². The van der Waals surface area contributed by atoms with E-state index in [2.05, 4.69) is 20.3 Å². The second kappa shape index (κ2) is 8.56. The molecule has 0 aliphatic carbocycles. The number of aromatic nitrogens is 4. The van der Waals surface area contributed by atoms with Crippen molar-refractivity contribution in [3.8, 4) is 0 Å². The number of rotatable bonds is 6. The molecular formula is C19H20ClN5O3S. The first kappa shape index (κ1) is 19.9. The van der Waals surface area contributed by atoms with Crippen LogP contribution in [-0.2, 0) is 16.1 Å². The monoisotopic (exact) mass is 433 g/mol. The summed E-state index contributed by atoms with van der Waals surface area (Å²) in [7, 11) is 0. The summed E-state index contributed by atoms with van der Waals surface area (Å²) < 4.78 is 7.58. The Bertz CT molecular complexity index is 1110. The van der Waals surface area contributed by atoms with Crippen molar-refractivity contribution in [2.45, 2.75) is 37.6 Å². The van der Waals surface area contributed by atoms with E-state index in [1.54, 1.807) is 12.1 Å². The van der Waals surface area contributed by atoms with Gasteiger partial charge in [0.15, 0.2) is 16.3 Å². The molecule has 8 nitrogen and oxygen atoms in total. The van der Waals surface area contributed by atoms with E-state index < -0.39 is 0 Å². The average Bonchev–Trinajstić information content (AvgIpc) is 3.32. The van der Waals surface area contributed by atoms with Crippen molar-refractivity contribution in [3.63, 3.8) is 0 Å². The predicted molar refractivity (Wildman–Crippen MR) is 113 cm³/mol. The molecule has 0 spiro atoms. The number of aromatic amines is 1. The fraction of sp³-hybridized carbons (Fsp3) is 0.368. The number of nitrogens with zero attached hydrogens (tertiary/aromatic N) is 3. The van der Waals surface area contributed by atoms with E-state index in [0.717, 1.165) is 25.0 Å². The minimum absolute atomic E-state index is 0.0491. The van der Waals surface area contributed by atoms with Gasteiger partial charge < -0.3 is 19.6 Å². The van der Waals surface area contributed by atoms with Gasteiger partial charge in [-0.25, -0.2) is 9.97 Å². The van der Waals surface area contributed by atoms with Gasteiger partial charge >= 0.3 is 0 Å². The molecule has 0 bridgehead atoms. The Hall–Kier alpha value is -2.36. The Morgan fingerprint density at radius 1 is 1.48 bits per heavy atom. The number of hydrogen-bond donors (Lipinski definition) is 2. The van der Waals surface area contributed by atoms with Crippen molar-refractivity contribution in [2.75, 3.05) is 17.7 Å². The lowest BCUT2D eigenvalue weighted by Gasteiger charge is -2.13. The van der Waals surface area contributed by atoms with Crippen molar-refractivity contribution in [1.82, 2.24) is 19.5 Å². The highest BCUT2D eigenvalue weighted by atomic mass is 35.5. The number of ether oxygens (including phenoxy) is 1. The third-order valence-corrected chi connectivity index (χ3v) is 5.93. The standard InChI is InChI=1S/C19H20ClN5O3S/c1-11-4-5-14(13(20)7-11)23-15(26)9-29-19-24-16-17(21-10-22-18(16)27)25(19)8-12-3-2-6-28-12/h4-5,7,10,12H,2-3,6,8-9H2,1H3,(H,23,26)(H,21,22,27)/t12-/m1/s1. The average molecular weight is 434 g/mol. The van der Waals surface area contributed by atoms with Crippen molar-refractivity contribution in [1.29, 1.82) is 0 Å². The Labute approximate surface area is 176 Å². The SMILES string of the molecule is Cc1ccc(NC(=O)CSc2nc3c(=O)[nH]cnc3n2C[C@H]2CCCO2)c(Cl)c1. The summed E-state index contributed by atoms with van der Waals surface area (Å²) in [6.07, 6.45) is 3.36. The predicted octanol–water partition coefficient (Wildman–Crippen LogP) is 2.99. The van der Waals surface area contributed by atoms with Crippen molar-refractivity contribution >= 4 is 46.1 Å². The lowest BCUT2D eigenvalue weighted by molar-refractivity contribution is -0.113. The van der Waals surface area contributed by atoms with Gasteiger partial charge in [-0.15, -0.1) is 0 Å². The maximum Gasteiger partial charge on any atom is 0.278 e. The van der Waals surface area contributed by atoms with E-state index >= 15 is 0 Å². The minimum atomic E-state index is -0.307. The zero-order valence-corrected chi connectivity index (χ0v) is 17.3. The third kappa shape index (κ3) is 4.47. The third-order valence-electron chi connectivity index (χ3n) is 4.64. The van der Waals surface area contributed by atoms with Crippen molar-refractivity contribution in [3.05, 3.63) is 45.5 Å². The molecule has 1 fully saturated rings. The van der Waals surface area contributed by atoms with E-state index in [9.17, 15) is 9.59 Å². The summed E-state index contributed by atoms with van der Waals surface area (Å²) in [4.78, 5) is 35.8. The Morgan fingerprint density at radius 2 is 2.34 bits per heavy atom. The van der Waals surface area contributed by atoms with Crippen LogP contribution in [-0.4, -0.2) is 43.9 Å². The van der Waals surface area contributed by atoms with Gasteiger partial charge in [0.25, 0.3) is 5.56 Å². The molecule has 2 N–H and O–H groups in total. The van der Waals surface area contributed by atoms with Crippen LogP contribution < -0.4 is 10.9 Å². The van der Waals surface area contributed by atoms with Crippen molar-refractivity contribution < 1.29 is 9.53 Å². The molecule has 152 valence electrons. The molecule has 1 aliphatic heterocycles. The molecule has 3 aromatic rings. The molecule has 29 heavy (non-hydrogen) atoms. The molecule has 0 unspecified atom stereocenters. The topological polar surface area (TPSA) is 102 Å². The van der Waals surface area contributed by atoms with Crippen LogP contribution in [0.4, 0.5) is 5.69 Å². The van der Waals surface area contributed by atoms with Crippen molar-refractivity contribution in [2.24, 2.45) is 0 Å². The number of halogens is 1. The first-order valence-electron chi connectivity index (χ1n) is 9.25. The second-order valence-corrected chi connectivity index (χ2v) is 8.21. The minimum Gasteiger partial charge on any atom is -0.376 e. The van der Waals surface area contributed by atoms with Gasteiger partial charge in [-0.05, 0) is 37.5 Å². The number of H-pyrrole nitrogens is 1. The highest BCUT2D eigenvalue weighted by Crippen LogP contribution is 2.26. The highest BCUT2D eigenvalue weighted by Gasteiger charge is 2.22. The van der Waals surface area contributed by atoms with Crippen LogP contribution in [0.15, 0.2) is 34.5 Å². The number of carbonyl (C=O) groups is 1. The van der Waals surface area contributed by atoms with Gasteiger partial charge in [-0.1, -0.05) is 29.4 Å². The van der Waals surface area contributed by atoms with E-state index in [1.165, 1.54) is 18.1 Å². The summed E-state index contributed by atoms with van der Waals surface area (Å²) in [6, 6.07) is 5.45. The van der Waals surface area contributed by atoms with Gasteiger partial charge in [0.1, 0.15) is 0 Å². The Kier molecular flexibility index (Phi) is 5.89. The van der Waals surface area contributed by atoms with Crippen LogP contribution in [0.3, 0.4) is 0 Å². The van der Waals surface area contributed by atoms with Gasteiger partial charge in [0.2, 0.25) is 5.91 Å². The van der Waals surface area contributed by atoms with Crippen LogP contribution in [0.2, 0.25) is 5.02 Å². The first-order valence-corrected chi connectivity index (χ1v) is 10.6. The van der Waals surface area contributed by atoms with Crippen LogP contribution >= 0.6 is 23.4 Å². The Morgan fingerprint density at radius 3 is 3.10 bits per heavy atom. The zero-order chi connectivity index (χ0) is 20.4. The number of amides is 1. The fourth-order valence-electron chi connectivity index (χ4n) is 3.23. The summed E-state index contributed by atoms with van der Waals surface area (Å²) in [5.74, 6) is -0.0879. The number of thioether (sulfide) groups is 1. The molecule has 1 atom stereocenters. The van der Waals surface area contributed by atoms with E-state index in [4.69, 9.17) is 16.3 Å². The molecule has 1 amide bonds. The highest BCUT2D eigenvalue weighted by molar-refractivity contribution is 7.99. The van der Waals surface area contributed by atoms with Crippen LogP contribution in [0.1, 0.15) is 18.4 Å². The molecule has 3 heterocycles.